The van der Waals surface area contributed by atoms with Crippen molar-refractivity contribution in [1.82, 2.24) is 0 Å². The topological polar surface area (TPSA) is 38.4 Å². The van der Waals surface area contributed by atoms with Gasteiger partial charge in [-0.1, -0.05) is 20.8 Å². The first kappa shape index (κ1) is 9.56. The first-order valence-corrected chi connectivity index (χ1v) is 4.79. The molecule has 0 saturated heterocycles. The Morgan fingerprint density at radius 3 is 2.42 bits per heavy atom. The van der Waals surface area contributed by atoms with E-state index < -0.39 is 0 Å². The van der Waals surface area contributed by atoms with Crippen molar-refractivity contribution in [3.05, 3.63) is 0 Å². The molecule has 0 amide bonds. The summed E-state index contributed by atoms with van der Waals surface area (Å²) in [5.74, 6) is 1.52. The number of nitrogens with zero attached hydrogens (tertiary/aromatic N) is 1. The van der Waals surface area contributed by atoms with Crippen molar-refractivity contribution in [3.63, 3.8) is 0 Å². The Labute approximate surface area is 75.3 Å². The predicted molar refractivity (Wildman–Crippen MR) is 53.3 cm³/mol. The van der Waals surface area contributed by atoms with Gasteiger partial charge in [-0.15, -0.1) is 0 Å². The number of rotatable bonds is 3. The van der Waals surface area contributed by atoms with Crippen molar-refractivity contribution in [1.29, 1.82) is 0 Å². The molecule has 0 aliphatic heterocycles. The fourth-order valence-corrected chi connectivity index (χ4v) is 1.03. The summed E-state index contributed by atoms with van der Waals surface area (Å²) in [7, 11) is 0. The largest absolute Gasteiger partial charge is 0.387 e. The minimum absolute atomic E-state index is 0.382. The molecular formula is C10H20N2. The van der Waals surface area contributed by atoms with Crippen molar-refractivity contribution in [3.8, 4) is 0 Å². The molecule has 2 N–H and O–H groups in total. The van der Waals surface area contributed by atoms with Crippen LogP contribution in [0, 0.1) is 11.3 Å². The molecule has 0 bridgehead atoms. The van der Waals surface area contributed by atoms with Crippen molar-refractivity contribution < 1.29 is 0 Å². The van der Waals surface area contributed by atoms with Crippen molar-refractivity contribution in [2.24, 2.45) is 22.1 Å². The molecule has 2 nitrogen and oxygen atoms in total. The molecule has 0 heterocycles. The summed E-state index contributed by atoms with van der Waals surface area (Å²) in [5, 5.41) is 0. The van der Waals surface area contributed by atoms with Crippen LogP contribution in [0.5, 0.6) is 0 Å². The SMILES string of the molecule is CC(C)(C)CCN=C(N)C1CC1. The zero-order chi connectivity index (χ0) is 9.19. The predicted octanol–water partition coefficient (Wildman–Crippen LogP) is 2.19. The molecule has 1 saturated carbocycles. The summed E-state index contributed by atoms with van der Waals surface area (Å²) in [4.78, 5) is 4.37. The van der Waals surface area contributed by atoms with Gasteiger partial charge in [0.25, 0.3) is 0 Å². The maximum atomic E-state index is 5.76. The Kier molecular flexibility index (Phi) is 2.76. The highest BCUT2D eigenvalue weighted by atomic mass is 14.9. The second kappa shape index (κ2) is 3.46. The number of hydrogen-bond acceptors (Lipinski definition) is 1. The highest BCUT2D eigenvalue weighted by Gasteiger charge is 2.25. The van der Waals surface area contributed by atoms with Gasteiger partial charge in [0, 0.05) is 12.5 Å². The standard InChI is InChI=1S/C10H20N2/c1-10(2,3)6-7-12-9(11)8-4-5-8/h8H,4-7H2,1-3H3,(H2,11,12). The molecule has 0 spiro atoms. The van der Waals surface area contributed by atoms with E-state index in [9.17, 15) is 0 Å². The highest BCUT2D eigenvalue weighted by molar-refractivity contribution is 5.84. The van der Waals surface area contributed by atoms with E-state index in [1.807, 2.05) is 0 Å². The second-order valence-corrected chi connectivity index (χ2v) is 4.89. The molecule has 1 aliphatic rings. The van der Waals surface area contributed by atoms with Crippen molar-refractivity contribution in [2.75, 3.05) is 6.54 Å². The molecule has 1 fully saturated rings. The molecule has 12 heavy (non-hydrogen) atoms. The summed E-state index contributed by atoms with van der Waals surface area (Å²) < 4.78 is 0. The third-order valence-electron chi connectivity index (χ3n) is 2.15. The Balaban J connectivity index is 2.19. The lowest BCUT2D eigenvalue weighted by molar-refractivity contribution is 0.385. The van der Waals surface area contributed by atoms with E-state index in [1.54, 1.807) is 0 Å². The highest BCUT2D eigenvalue weighted by Crippen LogP contribution is 2.29. The van der Waals surface area contributed by atoms with Gasteiger partial charge in [-0.3, -0.25) is 4.99 Å². The van der Waals surface area contributed by atoms with Crippen LogP contribution in [-0.2, 0) is 0 Å². The molecule has 0 atom stereocenters. The van der Waals surface area contributed by atoms with Crippen LogP contribution in [0.25, 0.3) is 0 Å². The van der Waals surface area contributed by atoms with E-state index in [1.165, 1.54) is 12.8 Å². The molecule has 0 aromatic carbocycles. The van der Waals surface area contributed by atoms with Crippen LogP contribution in [0.1, 0.15) is 40.0 Å². The van der Waals surface area contributed by atoms with E-state index in [-0.39, 0.29) is 0 Å². The fourth-order valence-electron chi connectivity index (χ4n) is 1.03. The Morgan fingerprint density at radius 2 is 2.00 bits per heavy atom. The van der Waals surface area contributed by atoms with Crippen molar-refractivity contribution >= 4 is 5.84 Å². The maximum absolute atomic E-state index is 5.76. The van der Waals surface area contributed by atoms with E-state index in [0.717, 1.165) is 18.8 Å². The van der Waals surface area contributed by atoms with Crippen LogP contribution in [-0.4, -0.2) is 12.4 Å². The zero-order valence-electron chi connectivity index (χ0n) is 8.43. The quantitative estimate of drug-likeness (QED) is 0.509. The Hall–Kier alpha value is -0.530. The molecular weight excluding hydrogens is 148 g/mol. The molecule has 0 radical (unpaired) electrons. The molecule has 0 unspecified atom stereocenters. The Morgan fingerprint density at radius 1 is 1.42 bits per heavy atom. The van der Waals surface area contributed by atoms with E-state index in [4.69, 9.17) is 5.73 Å². The number of aliphatic imine (C=N–C) groups is 1. The molecule has 2 heteroatoms. The van der Waals surface area contributed by atoms with Crippen LogP contribution in [0.2, 0.25) is 0 Å². The van der Waals surface area contributed by atoms with Gasteiger partial charge >= 0.3 is 0 Å². The van der Waals surface area contributed by atoms with Gasteiger partial charge in [0.15, 0.2) is 0 Å². The van der Waals surface area contributed by atoms with E-state index in [2.05, 4.69) is 25.8 Å². The summed E-state index contributed by atoms with van der Waals surface area (Å²) >= 11 is 0. The third-order valence-corrected chi connectivity index (χ3v) is 2.15. The fraction of sp³-hybridized carbons (Fsp3) is 0.900. The molecule has 1 rings (SSSR count). The third kappa shape index (κ3) is 3.74. The van der Waals surface area contributed by atoms with Gasteiger partial charge in [0.1, 0.15) is 0 Å². The first-order valence-electron chi connectivity index (χ1n) is 4.79. The van der Waals surface area contributed by atoms with Crippen LogP contribution in [0.15, 0.2) is 4.99 Å². The lowest BCUT2D eigenvalue weighted by Gasteiger charge is -2.15. The van der Waals surface area contributed by atoms with Crippen LogP contribution in [0.4, 0.5) is 0 Å². The summed E-state index contributed by atoms with van der Waals surface area (Å²) in [5.41, 5.74) is 6.14. The molecule has 0 aromatic rings. The van der Waals surface area contributed by atoms with Gasteiger partial charge in [-0.2, -0.15) is 0 Å². The molecule has 1 aliphatic carbocycles. The second-order valence-electron chi connectivity index (χ2n) is 4.89. The summed E-state index contributed by atoms with van der Waals surface area (Å²) in [6, 6.07) is 0. The minimum atomic E-state index is 0.382. The van der Waals surface area contributed by atoms with Crippen molar-refractivity contribution in [2.45, 2.75) is 40.0 Å². The summed E-state index contributed by atoms with van der Waals surface area (Å²) in [6.07, 6.45) is 3.64. The van der Waals surface area contributed by atoms with Gasteiger partial charge in [0.2, 0.25) is 0 Å². The average molecular weight is 168 g/mol. The number of nitrogens with two attached hydrogens (primary N) is 1. The van der Waals surface area contributed by atoms with Gasteiger partial charge < -0.3 is 5.73 Å². The van der Waals surface area contributed by atoms with Crippen LogP contribution >= 0.6 is 0 Å². The maximum Gasteiger partial charge on any atom is 0.0968 e. The first-order chi connectivity index (χ1) is 5.49. The van der Waals surface area contributed by atoms with E-state index in [0.29, 0.717) is 11.3 Å². The number of hydrogen-bond donors (Lipinski definition) is 1. The molecule has 70 valence electrons. The zero-order valence-corrected chi connectivity index (χ0v) is 8.43. The van der Waals surface area contributed by atoms with Gasteiger partial charge in [-0.25, -0.2) is 0 Å². The minimum Gasteiger partial charge on any atom is -0.387 e. The summed E-state index contributed by atoms with van der Waals surface area (Å²) in [6.45, 7) is 7.59. The average Bonchev–Trinajstić information content (AvgIpc) is 2.64. The normalized spacial score (nSPS) is 19.8. The monoisotopic (exact) mass is 168 g/mol. The van der Waals surface area contributed by atoms with Gasteiger partial charge in [0.05, 0.1) is 5.84 Å². The van der Waals surface area contributed by atoms with E-state index >= 15 is 0 Å². The van der Waals surface area contributed by atoms with Crippen LogP contribution < -0.4 is 5.73 Å². The lowest BCUT2D eigenvalue weighted by Crippen LogP contribution is -2.16. The lowest BCUT2D eigenvalue weighted by atomic mass is 9.92. The van der Waals surface area contributed by atoms with Gasteiger partial charge in [-0.05, 0) is 24.7 Å². The smallest absolute Gasteiger partial charge is 0.0968 e. The Bertz CT molecular complexity index is 173. The van der Waals surface area contributed by atoms with Crippen LogP contribution in [0.3, 0.4) is 0 Å². The molecule has 0 aromatic heterocycles. The number of amidine groups is 1.